The number of rotatable bonds is 4. The molecule has 0 amide bonds. The van der Waals surface area contributed by atoms with E-state index in [1.54, 1.807) is 0 Å². The summed E-state index contributed by atoms with van der Waals surface area (Å²) >= 11 is 0. The van der Waals surface area contributed by atoms with E-state index >= 15 is 0 Å². The summed E-state index contributed by atoms with van der Waals surface area (Å²) in [6.45, 7) is 0. The number of aromatic amines is 1. The molecule has 0 atom stereocenters. The van der Waals surface area contributed by atoms with E-state index in [2.05, 4.69) is 30.7 Å². The first-order chi connectivity index (χ1) is 15.5. The van der Waals surface area contributed by atoms with Crippen LogP contribution in [0.25, 0.3) is 22.3 Å². The molecule has 1 aliphatic rings. The largest absolute Gasteiger partial charge is 0.417 e. The molecule has 0 spiro atoms. The molecule has 5 rings (SSSR count). The predicted molar refractivity (Wildman–Crippen MR) is 115 cm³/mol. The predicted octanol–water partition coefficient (Wildman–Crippen LogP) is 6.23. The molecule has 4 aromatic rings. The Morgan fingerprint density at radius 2 is 1.62 bits per heavy atom. The van der Waals surface area contributed by atoms with Crippen LogP contribution in [0.1, 0.15) is 49.3 Å². The molecule has 1 saturated carbocycles. The lowest BCUT2D eigenvalue weighted by atomic mass is 9.87. The smallest absolute Gasteiger partial charge is 0.321 e. The van der Waals surface area contributed by atoms with Crippen molar-refractivity contribution in [2.24, 2.45) is 0 Å². The van der Waals surface area contributed by atoms with E-state index in [-0.39, 0.29) is 17.3 Å². The third kappa shape index (κ3) is 3.90. The van der Waals surface area contributed by atoms with E-state index < -0.39 is 11.7 Å². The quantitative estimate of drug-likeness (QED) is 0.395. The fraction of sp³-hybridized carbons (Fsp3) is 0.304. The van der Waals surface area contributed by atoms with E-state index in [4.69, 9.17) is 0 Å². The molecule has 32 heavy (non-hydrogen) atoms. The summed E-state index contributed by atoms with van der Waals surface area (Å²) in [5.41, 5.74) is 0.630. The summed E-state index contributed by atoms with van der Waals surface area (Å²) in [7, 11) is 0. The molecule has 1 aliphatic carbocycles. The van der Waals surface area contributed by atoms with Crippen molar-refractivity contribution in [3.63, 3.8) is 0 Å². The van der Waals surface area contributed by atoms with Gasteiger partial charge in [-0.15, -0.1) is 10.2 Å². The average molecular weight is 438 g/mol. The molecular formula is C23H21F3N6. The Morgan fingerprint density at radius 3 is 2.44 bits per heavy atom. The van der Waals surface area contributed by atoms with Crippen LogP contribution >= 0.6 is 0 Å². The number of para-hydroxylation sites is 1. The van der Waals surface area contributed by atoms with Gasteiger partial charge in [0, 0.05) is 16.9 Å². The number of alkyl halides is 3. The van der Waals surface area contributed by atoms with Gasteiger partial charge in [0.1, 0.15) is 5.69 Å². The average Bonchev–Trinajstić information content (AvgIpc) is 3.22. The number of halogens is 3. The van der Waals surface area contributed by atoms with Crippen molar-refractivity contribution < 1.29 is 13.2 Å². The molecule has 9 heteroatoms. The second-order valence-electron chi connectivity index (χ2n) is 7.99. The Morgan fingerprint density at radius 1 is 0.875 bits per heavy atom. The minimum absolute atomic E-state index is 0.0696. The van der Waals surface area contributed by atoms with Crippen molar-refractivity contribution in [2.75, 3.05) is 5.32 Å². The van der Waals surface area contributed by atoms with Gasteiger partial charge < -0.3 is 5.32 Å². The number of aromatic nitrogens is 5. The van der Waals surface area contributed by atoms with Crippen LogP contribution in [0.3, 0.4) is 0 Å². The normalized spacial score (nSPS) is 15.2. The van der Waals surface area contributed by atoms with E-state index in [1.165, 1.54) is 24.6 Å². The van der Waals surface area contributed by atoms with E-state index in [0.717, 1.165) is 42.7 Å². The van der Waals surface area contributed by atoms with Gasteiger partial charge in [-0.1, -0.05) is 49.6 Å². The minimum Gasteiger partial charge on any atom is -0.321 e. The lowest BCUT2D eigenvalue weighted by molar-refractivity contribution is -0.137. The molecular weight excluding hydrogens is 417 g/mol. The maximum atomic E-state index is 13.6. The monoisotopic (exact) mass is 438 g/mol. The number of anilines is 2. The molecule has 2 heterocycles. The highest BCUT2D eigenvalue weighted by Gasteiger charge is 2.34. The SMILES string of the molecule is FC(F)(F)c1ccccc1-c1nnc(C2CCCCC2)c(Nc2n[nH]c3ccccc23)n1. The van der Waals surface area contributed by atoms with Crippen LogP contribution in [0.4, 0.5) is 24.8 Å². The molecule has 0 bridgehead atoms. The molecule has 1 fully saturated rings. The Hall–Kier alpha value is -3.49. The third-order valence-corrected chi connectivity index (χ3v) is 5.89. The first-order valence-corrected chi connectivity index (χ1v) is 10.6. The lowest BCUT2D eigenvalue weighted by Gasteiger charge is -2.22. The Bertz CT molecular complexity index is 1240. The van der Waals surface area contributed by atoms with Crippen LogP contribution in [-0.2, 0) is 6.18 Å². The fourth-order valence-electron chi connectivity index (χ4n) is 4.29. The number of benzene rings is 2. The van der Waals surface area contributed by atoms with E-state index in [1.807, 2.05) is 24.3 Å². The van der Waals surface area contributed by atoms with E-state index in [9.17, 15) is 13.2 Å². The van der Waals surface area contributed by atoms with Crippen LogP contribution in [0.15, 0.2) is 48.5 Å². The number of nitrogens with zero attached hydrogens (tertiary/aromatic N) is 4. The van der Waals surface area contributed by atoms with Crippen molar-refractivity contribution in [3.8, 4) is 11.4 Å². The third-order valence-electron chi connectivity index (χ3n) is 5.89. The van der Waals surface area contributed by atoms with Crippen LogP contribution in [-0.4, -0.2) is 25.4 Å². The summed E-state index contributed by atoms with van der Waals surface area (Å²) in [6.07, 6.45) is 0.705. The standard InChI is InChI=1S/C23H21F3N6/c24-23(25,26)17-12-6-4-10-15(17)20-27-22(19(30-32-20)14-8-2-1-3-9-14)28-21-16-11-5-7-13-18(16)29-31-21/h4-7,10-14H,1-3,8-9H2,(H2,27,28,29,31,32). The van der Waals surface area contributed by atoms with Gasteiger partial charge in [-0.2, -0.15) is 18.3 Å². The Balaban J connectivity index is 1.61. The topological polar surface area (TPSA) is 79.4 Å². The van der Waals surface area contributed by atoms with Gasteiger partial charge in [-0.05, 0) is 31.0 Å². The molecule has 0 saturated heterocycles. The van der Waals surface area contributed by atoms with E-state index in [0.29, 0.717) is 17.3 Å². The lowest BCUT2D eigenvalue weighted by Crippen LogP contribution is -2.14. The highest BCUT2D eigenvalue weighted by Crippen LogP contribution is 2.39. The Kier molecular flexibility index (Phi) is 5.24. The molecule has 6 nitrogen and oxygen atoms in total. The Labute approximate surface area is 182 Å². The maximum absolute atomic E-state index is 13.6. The number of fused-ring (bicyclic) bond motifs is 1. The summed E-state index contributed by atoms with van der Waals surface area (Å²) in [5, 5.41) is 19.9. The van der Waals surface area contributed by atoms with Gasteiger partial charge in [-0.3, -0.25) is 5.10 Å². The maximum Gasteiger partial charge on any atom is 0.417 e. The summed E-state index contributed by atoms with van der Waals surface area (Å²) < 4.78 is 40.7. The number of hydrogen-bond donors (Lipinski definition) is 2. The first-order valence-electron chi connectivity index (χ1n) is 10.6. The molecule has 0 aliphatic heterocycles. The second-order valence-corrected chi connectivity index (χ2v) is 7.99. The number of H-pyrrole nitrogens is 1. The van der Waals surface area contributed by atoms with Gasteiger partial charge in [0.25, 0.3) is 0 Å². The van der Waals surface area contributed by atoms with Crippen molar-refractivity contribution in [1.82, 2.24) is 25.4 Å². The zero-order valence-corrected chi connectivity index (χ0v) is 17.2. The zero-order chi connectivity index (χ0) is 22.1. The first kappa shape index (κ1) is 20.4. The summed E-state index contributed by atoms with van der Waals surface area (Å²) in [4.78, 5) is 4.54. The number of hydrogen-bond acceptors (Lipinski definition) is 5. The van der Waals surface area contributed by atoms with Crippen LogP contribution in [0.5, 0.6) is 0 Å². The summed E-state index contributed by atoms with van der Waals surface area (Å²) in [6, 6.07) is 12.9. The molecule has 0 unspecified atom stereocenters. The van der Waals surface area contributed by atoms with Crippen molar-refractivity contribution >= 4 is 22.5 Å². The molecule has 2 aromatic heterocycles. The molecule has 0 radical (unpaired) electrons. The molecule has 164 valence electrons. The van der Waals surface area contributed by atoms with Crippen LogP contribution in [0, 0.1) is 0 Å². The second kappa shape index (κ2) is 8.22. The van der Waals surface area contributed by atoms with Gasteiger partial charge in [0.15, 0.2) is 17.5 Å². The molecule has 2 aromatic carbocycles. The minimum atomic E-state index is -4.52. The highest BCUT2D eigenvalue weighted by atomic mass is 19.4. The highest BCUT2D eigenvalue weighted by molar-refractivity contribution is 5.91. The number of nitrogens with one attached hydrogen (secondary N) is 2. The zero-order valence-electron chi connectivity index (χ0n) is 17.2. The molecule has 2 N–H and O–H groups in total. The van der Waals surface area contributed by atoms with Gasteiger partial charge >= 0.3 is 6.18 Å². The van der Waals surface area contributed by atoms with Crippen molar-refractivity contribution in [1.29, 1.82) is 0 Å². The van der Waals surface area contributed by atoms with Crippen LogP contribution in [0.2, 0.25) is 0 Å². The van der Waals surface area contributed by atoms with Crippen molar-refractivity contribution in [3.05, 3.63) is 59.8 Å². The summed E-state index contributed by atoms with van der Waals surface area (Å²) in [5.74, 6) is 1.03. The van der Waals surface area contributed by atoms with Gasteiger partial charge in [0.2, 0.25) is 0 Å². The van der Waals surface area contributed by atoms with Gasteiger partial charge in [0.05, 0.1) is 11.1 Å². The van der Waals surface area contributed by atoms with Crippen molar-refractivity contribution in [2.45, 2.75) is 44.2 Å². The van der Waals surface area contributed by atoms with Crippen LogP contribution < -0.4 is 5.32 Å². The van der Waals surface area contributed by atoms with Gasteiger partial charge in [-0.25, -0.2) is 4.98 Å². The fourth-order valence-corrected chi connectivity index (χ4v) is 4.29.